The van der Waals surface area contributed by atoms with Crippen molar-refractivity contribution in [1.82, 2.24) is 14.5 Å². The molecule has 1 N–H and O–H groups in total. The summed E-state index contributed by atoms with van der Waals surface area (Å²) in [4.78, 5) is 35.7. The van der Waals surface area contributed by atoms with Crippen LogP contribution in [0.5, 0.6) is 0 Å². The molecule has 7 nitrogen and oxygen atoms in total. The highest BCUT2D eigenvalue weighted by molar-refractivity contribution is 5.75. The summed E-state index contributed by atoms with van der Waals surface area (Å²) in [7, 11) is 0. The summed E-state index contributed by atoms with van der Waals surface area (Å²) in [6.45, 7) is 3.31. The Labute approximate surface area is 114 Å². The first-order chi connectivity index (χ1) is 9.58. The summed E-state index contributed by atoms with van der Waals surface area (Å²) in [5.74, 6) is -0.471. The summed E-state index contributed by atoms with van der Waals surface area (Å²) in [6, 6.07) is 1.79. The predicted octanol–water partition coefficient (Wildman–Crippen LogP) is -0.481. The first-order valence-corrected chi connectivity index (χ1v) is 6.22. The van der Waals surface area contributed by atoms with Crippen LogP contribution in [0.1, 0.15) is 24.4 Å². The van der Waals surface area contributed by atoms with Gasteiger partial charge in [-0.2, -0.15) is 5.26 Å². The molecule has 1 amide bonds. The quantitative estimate of drug-likeness (QED) is 0.733. The Morgan fingerprint density at radius 2 is 2.25 bits per heavy atom. The maximum atomic E-state index is 12.2. The van der Waals surface area contributed by atoms with Gasteiger partial charge in [0.1, 0.15) is 18.2 Å². The van der Waals surface area contributed by atoms with E-state index in [2.05, 4.69) is 11.9 Å². The Morgan fingerprint density at radius 1 is 1.55 bits per heavy atom. The zero-order valence-corrected chi connectivity index (χ0v) is 10.8. The van der Waals surface area contributed by atoms with E-state index >= 15 is 0 Å². The Morgan fingerprint density at radius 3 is 2.80 bits per heavy atom. The Kier molecular flexibility index (Phi) is 3.84. The minimum atomic E-state index is -0.733. The third-order valence-electron chi connectivity index (χ3n) is 3.00. The van der Waals surface area contributed by atoms with Crippen molar-refractivity contribution >= 4 is 5.91 Å². The first kappa shape index (κ1) is 13.8. The molecule has 0 spiro atoms. The number of hydrogen-bond acceptors (Lipinski definition) is 4. The second-order valence-electron chi connectivity index (χ2n) is 4.56. The molecule has 0 aromatic carbocycles. The number of hydrogen-bond donors (Lipinski definition) is 1. The number of aromatic nitrogens is 2. The molecule has 2 rings (SSSR count). The van der Waals surface area contributed by atoms with Crippen molar-refractivity contribution in [2.45, 2.75) is 25.4 Å². The highest BCUT2D eigenvalue weighted by Gasteiger charge is 2.27. The van der Waals surface area contributed by atoms with Crippen molar-refractivity contribution in [2.24, 2.45) is 0 Å². The van der Waals surface area contributed by atoms with Gasteiger partial charge in [-0.3, -0.25) is 14.2 Å². The van der Waals surface area contributed by atoms with Crippen molar-refractivity contribution < 1.29 is 4.79 Å². The minimum absolute atomic E-state index is 0.0256. The van der Waals surface area contributed by atoms with E-state index in [1.165, 1.54) is 16.8 Å². The number of rotatable bonds is 5. The standard InChI is InChI=1S/C13H14N4O3/c1-2-5-15-11(18)8-17-12(19)9(6-14)7-16(13(17)20)10-3-4-10/h2,7,10H,1,3-5,8H2,(H,15,18). The second kappa shape index (κ2) is 5.57. The molecule has 1 aliphatic rings. The van der Waals surface area contributed by atoms with Crippen LogP contribution in [-0.2, 0) is 11.3 Å². The van der Waals surface area contributed by atoms with Crippen LogP contribution in [0.4, 0.5) is 0 Å². The van der Waals surface area contributed by atoms with Gasteiger partial charge >= 0.3 is 5.69 Å². The van der Waals surface area contributed by atoms with E-state index in [0.29, 0.717) is 0 Å². The van der Waals surface area contributed by atoms with E-state index in [-0.39, 0.29) is 18.2 Å². The van der Waals surface area contributed by atoms with Crippen molar-refractivity contribution in [3.63, 3.8) is 0 Å². The van der Waals surface area contributed by atoms with Crippen molar-refractivity contribution in [2.75, 3.05) is 6.54 Å². The van der Waals surface area contributed by atoms with Gasteiger partial charge in [0, 0.05) is 18.8 Å². The number of amides is 1. The molecule has 0 atom stereocenters. The Balaban J connectivity index is 2.41. The van der Waals surface area contributed by atoms with E-state index in [1.807, 2.05) is 0 Å². The fourth-order valence-electron chi connectivity index (χ4n) is 1.84. The van der Waals surface area contributed by atoms with E-state index < -0.39 is 23.7 Å². The van der Waals surface area contributed by atoms with E-state index in [4.69, 9.17) is 5.26 Å². The summed E-state index contributed by atoms with van der Waals surface area (Å²) >= 11 is 0. The van der Waals surface area contributed by atoms with Gasteiger partial charge < -0.3 is 5.32 Å². The van der Waals surface area contributed by atoms with Gasteiger partial charge in [0.2, 0.25) is 5.91 Å². The number of nitriles is 1. The molecule has 0 saturated heterocycles. The molecule has 0 unspecified atom stereocenters. The average molecular weight is 274 g/mol. The van der Waals surface area contributed by atoms with Crippen LogP contribution in [-0.4, -0.2) is 21.6 Å². The molecule has 1 saturated carbocycles. The van der Waals surface area contributed by atoms with Crippen molar-refractivity contribution in [3.8, 4) is 6.07 Å². The van der Waals surface area contributed by atoms with Crippen LogP contribution in [0.15, 0.2) is 28.4 Å². The van der Waals surface area contributed by atoms with Gasteiger partial charge in [-0.1, -0.05) is 6.08 Å². The molecule has 1 fully saturated rings. The van der Waals surface area contributed by atoms with Gasteiger partial charge in [0.25, 0.3) is 5.56 Å². The van der Waals surface area contributed by atoms with E-state index in [0.717, 1.165) is 17.4 Å². The first-order valence-electron chi connectivity index (χ1n) is 6.22. The second-order valence-corrected chi connectivity index (χ2v) is 4.56. The predicted molar refractivity (Wildman–Crippen MR) is 71.2 cm³/mol. The summed E-state index contributed by atoms with van der Waals surface area (Å²) in [5.41, 5.74) is -1.42. The molecule has 0 bridgehead atoms. The van der Waals surface area contributed by atoms with Crippen LogP contribution >= 0.6 is 0 Å². The Hall–Kier alpha value is -2.62. The lowest BCUT2D eigenvalue weighted by atomic mass is 10.3. The fraction of sp³-hybridized carbons (Fsp3) is 0.385. The van der Waals surface area contributed by atoms with Crippen LogP contribution in [0.25, 0.3) is 0 Å². The highest BCUT2D eigenvalue weighted by atomic mass is 16.2. The summed E-state index contributed by atoms with van der Waals surface area (Å²) in [5, 5.41) is 11.4. The lowest BCUT2D eigenvalue weighted by Crippen LogP contribution is -2.44. The van der Waals surface area contributed by atoms with Gasteiger partial charge in [-0.15, -0.1) is 6.58 Å². The van der Waals surface area contributed by atoms with Gasteiger partial charge in [0.05, 0.1) is 0 Å². The molecule has 1 aromatic heterocycles. The maximum absolute atomic E-state index is 12.2. The molecule has 0 radical (unpaired) electrons. The third kappa shape index (κ3) is 2.69. The number of nitrogens with one attached hydrogen (secondary N) is 1. The SMILES string of the molecule is C=CCNC(=O)Cn1c(=O)c(C#N)cn(C2CC2)c1=O. The molecule has 1 aliphatic carbocycles. The van der Waals surface area contributed by atoms with Crippen LogP contribution in [0, 0.1) is 11.3 Å². The summed E-state index contributed by atoms with van der Waals surface area (Å²) < 4.78 is 2.16. The highest BCUT2D eigenvalue weighted by Crippen LogP contribution is 2.33. The molecule has 20 heavy (non-hydrogen) atoms. The Bertz CT molecular complexity index is 704. The van der Waals surface area contributed by atoms with E-state index in [9.17, 15) is 14.4 Å². The third-order valence-corrected chi connectivity index (χ3v) is 3.00. The van der Waals surface area contributed by atoms with Gasteiger partial charge in [-0.25, -0.2) is 9.36 Å². The fourth-order valence-corrected chi connectivity index (χ4v) is 1.84. The van der Waals surface area contributed by atoms with Crippen LogP contribution in [0.3, 0.4) is 0 Å². The molecule has 1 heterocycles. The lowest BCUT2D eigenvalue weighted by molar-refractivity contribution is -0.121. The topological polar surface area (TPSA) is 96.9 Å². The lowest BCUT2D eigenvalue weighted by Gasteiger charge is -2.10. The smallest absolute Gasteiger partial charge is 0.331 e. The largest absolute Gasteiger partial charge is 0.351 e. The van der Waals surface area contributed by atoms with Crippen molar-refractivity contribution in [3.05, 3.63) is 45.3 Å². The molecule has 0 aliphatic heterocycles. The average Bonchev–Trinajstić information content (AvgIpc) is 3.26. The minimum Gasteiger partial charge on any atom is -0.351 e. The number of nitrogens with zero attached hydrogens (tertiary/aromatic N) is 3. The maximum Gasteiger partial charge on any atom is 0.331 e. The van der Waals surface area contributed by atoms with E-state index in [1.54, 1.807) is 6.07 Å². The van der Waals surface area contributed by atoms with Crippen LogP contribution < -0.4 is 16.6 Å². The van der Waals surface area contributed by atoms with Gasteiger partial charge in [-0.05, 0) is 12.8 Å². The zero-order valence-electron chi connectivity index (χ0n) is 10.8. The normalized spacial score (nSPS) is 13.6. The molecular formula is C13H14N4O3. The van der Waals surface area contributed by atoms with Crippen LogP contribution in [0.2, 0.25) is 0 Å². The van der Waals surface area contributed by atoms with Gasteiger partial charge in [0.15, 0.2) is 0 Å². The zero-order chi connectivity index (χ0) is 14.7. The van der Waals surface area contributed by atoms with Crippen molar-refractivity contribution in [1.29, 1.82) is 5.26 Å². The summed E-state index contributed by atoms with van der Waals surface area (Å²) in [6.07, 6.45) is 4.45. The number of carbonyl (C=O) groups excluding carboxylic acids is 1. The number of carbonyl (C=O) groups is 1. The molecule has 1 aromatic rings. The molecule has 7 heteroatoms. The molecular weight excluding hydrogens is 260 g/mol. The molecule has 104 valence electrons. The monoisotopic (exact) mass is 274 g/mol.